The second kappa shape index (κ2) is 5.91. The van der Waals surface area contributed by atoms with Gasteiger partial charge in [0.05, 0.1) is 12.0 Å². The Balaban J connectivity index is 2.78. The number of carboxylic acids is 1. The first-order chi connectivity index (χ1) is 8.04. The molecule has 1 rings (SSSR count). The minimum absolute atomic E-state index is 0.0531. The van der Waals surface area contributed by atoms with Crippen molar-refractivity contribution in [2.24, 2.45) is 0 Å². The molecule has 5 heteroatoms. The number of rotatable bonds is 6. The van der Waals surface area contributed by atoms with Crippen molar-refractivity contribution < 1.29 is 24.6 Å². The van der Waals surface area contributed by atoms with Crippen LogP contribution in [0.2, 0.25) is 0 Å². The van der Waals surface area contributed by atoms with Gasteiger partial charge in [0.15, 0.2) is 5.78 Å². The maximum atomic E-state index is 11.4. The van der Waals surface area contributed by atoms with Crippen molar-refractivity contribution in [3.05, 3.63) is 35.4 Å². The summed E-state index contributed by atoms with van der Waals surface area (Å²) in [6.07, 6.45) is -0.487. The van der Waals surface area contributed by atoms with Crippen molar-refractivity contribution in [3.63, 3.8) is 0 Å². The quantitative estimate of drug-likeness (QED) is 0.699. The molecule has 0 heterocycles. The summed E-state index contributed by atoms with van der Waals surface area (Å²) in [7, 11) is 0. The maximum absolute atomic E-state index is 11.4. The average molecular weight is 236 g/mol. The third-order valence-electron chi connectivity index (χ3n) is 2.21. The van der Waals surface area contributed by atoms with Crippen LogP contribution in [0, 0.1) is 0 Å². The smallest absolute Gasteiger partial charge is 0.335 e. The molecule has 0 saturated carbocycles. The second-order valence-corrected chi connectivity index (χ2v) is 3.55. The summed E-state index contributed by atoms with van der Waals surface area (Å²) in [5.74, 6) is -2.08. The number of ketones is 2. The summed E-state index contributed by atoms with van der Waals surface area (Å²) >= 11 is 0. The Labute approximate surface area is 97.7 Å². The van der Waals surface area contributed by atoms with Crippen molar-refractivity contribution in [1.29, 1.82) is 0 Å². The van der Waals surface area contributed by atoms with Crippen LogP contribution >= 0.6 is 0 Å². The second-order valence-electron chi connectivity index (χ2n) is 3.55. The molecule has 0 aromatic heterocycles. The number of carbonyl (C=O) groups excluding carboxylic acids is 2. The van der Waals surface area contributed by atoms with Crippen molar-refractivity contribution in [3.8, 4) is 0 Å². The number of benzene rings is 1. The monoisotopic (exact) mass is 236 g/mol. The van der Waals surface area contributed by atoms with Crippen LogP contribution in [-0.4, -0.2) is 34.4 Å². The Morgan fingerprint density at radius 1 is 1.06 bits per heavy atom. The largest absolute Gasteiger partial charge is 0.478 e. The lowest BCUT2D eigenvalue weighted by atomic mass is 10.0. The molecule has 0 saturated heterocycles. The van der Waals surface area contributed by atoms with Gasteiger partial charge in [-0.25, -0.2) is 4.79 Å². The number of aliphatic hydroxyl groups excluding tert-OH is 1. The van der Waals surface area contributed by atoms with Crippen LogP contribution in [0.5, 0.6) is 0 Å². The number of hydrogen-bond donors (Lipinski definition) is 2. The van der Waals surface area contributed by atoms with Gasteiger partial charge in [-0.1, -0.05) is 18.2 Å². The molecule has 1 aromatic carbocycles. The Kier molecular flexibility index (Phi) is 4.54. The van der Waals surface area contributed by atoms with Crippen molar-refractivity contribution >= 4 is 17.5 Å². The summed E-state index contributed by atoms with van der Waals surface area (Å²) in [5.41, 5.74) is 0.424. The summed E-state index contributed by atoms with van der Waals surface area (Å²) in [4.78, 5) is 33.1. The fourth-order valence-corrected chi connectivity index (χ4v) is 1.43. The Hall–Kier alpha value is -2.01. The molecule has 0 amide bonds. The van der Waals surface area contributed by atoms with E-state index in [1.807, 2.05) is 0 Å². The first-order valence-corrected chi connectivity index (χ1v) is 5.00. The molecule has 0 fully saturated rings. The first-order valence-electron chi connectivity index (χ1n) is 5.00. The lowest BCUT2D eigenvalue weighted by molar-refractivity contribution is -0.128. The van der Waals surface area contributed by atoms with Gasteiger partial charge >= 0.3 is 5.97 Å². The number of aliphatic hydroxyl groups is 1. The van der Waals surface area contributed by atoms with Gasteiger partial charge in [0.1, 0.15) is 12.4 Å². The predicted molar refractivity (Wildman–Crippen MR) is 58.8 cm³/mol. The molecule has 0 unspecified atom stereocenters. The normalized spacial score (nSPS) is 9.94. The Morgan fingerprint density at radius 2 is 1.71 bits per heavy atom. The van der Waals surface area contributed by atoms with Gasteiger partial charge in [0.25, 0.3) is 0 Å². The molecule has 0 aliphatic carbocycles. The lowest BCUT2D eigenvalue weighted by Crippen LogP contribution is -2.14. The molecule has 1 aromatic rings. The highest BCUT2D eigenvalue weighted by molar-refractivity contribution is 6.01. The van der Waals surface area contributed by atoms with E-state index < -0.39 is 24.1 Å². The van der Waals surface area contributed by atoms with E-state index in [1.165, 1.54) is 12.1 Å². The van der Waals surface area contributed by atoms with Crippen LogP contribution in [0.4, 0.5) is 0 Å². The zero-order valence-corrected chi connectivity index (χ0v) is 9.05. The van der Waals surface area contributed by atoms with Crippen molar-refractivity contribution in [2.75, 3.05) is 6.61 Å². The Bertz CT molecular complexity index is 450. The number of carboxylic acid groups (broad SMARTS) is 1. The standard InChI is InChI=1S/C12H12O5/c13-7-10(15)6-9(14)5-8-3-1-2-4-11(8)12(16)17/h1-4,13H,5-7H2,(H,16,17). The molecule has 0 radical (unpaired) electrons. The summed E-state index contributed by atoms with van der Waals surface area (Å²) in [5, 5.41) is 17.4. The van der Waals surface area contributed by atoms with Crippen molar-refractivity contribution in [1.82, 2.24) is 0 Å². The molecule has 5 nitrogen and oxygen atoms in total. The fraction of sp³-hybridized carbons (Fsp3) is 0.250. The average Bonchev–Trinajstić information content (AvgIpc) is 2.29. The van der Waals surface area contributed by atoms with Gasteiger partial charge in [-0.05, 0) is 11.6 Å². The van der Waals surface area contributed by atoms with E-state index in [0.29, 0.717) is 5.56 Å². The Morgan fingerprint density at radius 3 is 2.29 bits per heavy atom. The minimum atomic E-state index is -1.11. The van der Waals surface area contributed by atoms with E-state index in [-0.39, 0.29) is 18.4 Å². The van der Waals surface area contributed by atoms with E-state index in [1.54, 1.807) is 12.1 Å². The summed E-state index contributed by atoms with van der Waals surface area (Å²) in [6, 6.07) is 6.13. The molecule has 2 N–H and O–H groups in total. The van der Waals surface area contributed by atoms with Crippen LogP contribution in [0.3, 0.4) is 0 Å². The molecular formula is C12H12O5. The third-order valence-corrected chi connectivity index (χ3v) is 2.21. The van der Waals surface area contributed by atoms with Crippen LogP contribution in [-0.2, 0) is 16.0 Å². The van der Waals surface area contributed by atoms with Crippen LogP contribution in [0.25, 0.3) is 0 Å². The molecule has 0 aliphatic rings. The summed E-state index contributed by atoms with van der Waals surface area (Å²) < 4.78 is 0. The maximum Gasteiger partial charge on any atom is 0.335 e. The summed E-state index contributed by atoms with van der Waals surface area (Å²) in [6.45, 7) is -0.674. The highest BCUT2D eigenvalue weighted by Gasteiger charge is 2.14. The topological polar surface area (TPSA) is 91.7 Å². The van der Waals surface area contributed by atoms with E-state index >= 15 is 0 Å². The molecule has 0 atom stereocenters. The highest BCUT2D eigenvalue weighted by Crippen LogP contribution is 2.10. The molecule has 0 spiro atoms. The number of hydrogen-bond acceptors (Lipinski definition) is 4. The van der Waals surface area contributed by atoms with Gasteiger partial charge < -0.3 is 10.2 Å². The molecule has 0 bridgehead atoms. The number of carbonyl (C=O) groups is 3. The SMILES string of the molecule is O=C(CO)CC(=O)Cc1ccccc1C(=O)O. The van der Waals surface area contributed by atoms with Gasteiger partial charge in [0, 0.05) is 6.42 Å². The molecule has 17 heavy (non-hydrogen) atoms. The van der Waals surface area contributed by atoms with E-state index in [2.05, 4.69) is 0 Å². The lowest BCUT2D eigenvalue weighted by Gasteiger charge is -2.04. The zero-order valence-electron chi connectivity index (χ0n) is 9.05. The molecule has 0 aliphatic heterocycles. The number of aromatic carboxylic acids is 1. The fourth-order valence-electron chi connectivity index (χ4n) is 1.43. The first kappa shape index (κ1) is 13.1. The number of Topliss-reactive ketones (excluding diaryl/α,β-unsaturated/α-hetero) is 2. The van der Waals surface area contributed by atoms with E-state index in [0.717, 1.165) is 0 Å². The van der Waals surface area contributed by atoms with Crippen molar-refractivity contribution in [2.45, 2.75) is 12.8 Å². The van der Waals surface area contributed by atoms with Gasteiger partial charge in [-0.2, -0.15) is 0 Å². The van der Waals surface area contributed by atoms with E-state index in [4.69, 9.17) is 10.2 Å². The van der Waals surface area contributed by atoms with Crippen LogP contribution < -0.4 is 0 Å². The molecule has 90 valence electrons. The zero-order chi connectivity index (χ0) is 12.8. The van der Waals surface area contributed by atoms with Crippen LogP contribution in [0.15, 0.2) is 24.3 Å². The van der Waals surface area contributed by atoms with Gasteiger partial charge in [0.2, 0.25) is 0 Å². The van der Waals surface area contributed by atoms with Gasteiger partial charge in [-0.3, -0.25) is 9.59 Å². The van der Waals surface area contributed by atoms with Gasteiger partial charge in [-0.15, -0.1) is 0 Å². The minimum Gasteiger partial charge on any atom is -0.478 e. The molecular weight excluding hydrogens is 224 g/mol. The third kappa shape index (κ3) is 3.81. The predicted octanol–water partition coefficient (Wildman–Crippen LogP) is 0.448. The van der Waals surface area contributed by atoms with E-state index in [9.17, 15) is 14.4 Å². The van der Waals surface area contributed by atoms with Crippen LogP contribution in [0.1, 0.15) is 22.3 Å². The highest BCUT2D eigenvalue weighted by atomic mass is 16.4.